The van der Waals surface area contributed by atoms with Crippen molar-refractivity contribution in [3.05, 3.63) is 17.5 Å². The topological polar surface area (TPSA) is 84.3 Å². The number of rotatable bonds is 6. The monoisotopic (exact) mass is 245 g/mol. The molecule has 0 fully saturated rings. The zero-order chi connectivity index (χ0) is 12.0. The van der Waals surface area contributed by atoms with Gasteiger partial charge < -0.3 is 15.2 Å². The molecular weight excluding hydrogens is 234 g/mol. The first kappa shape index (κ1) is 12.7. The maximum Gasteiger partial charge on any atom is 0.306 e. The lowest BCUT2D eigenvalue weighted by Gasteiger charge is -2.13. The van der Waals surface area contributed by atoms with Crippen LogP contribution in [0, 0.1) is 0 Å². The predicted molar refractivity (Wildman–Crippen MR) is 58.6 cm³/mol. The smallest absolute Gasteiger partial charge is 0.306 e. The van der Waals surface area contributed by atoms with Gasteiger partial charge in [0.1, 0.15) is 11.0 Å². The van der Waals surface area contributed by atoms with Crippen LogP contribution >= 0.6 is 11.6 Å². The van der Waals surface area contributed by atoms with Crippen LogP contribution in [0.4, 0.5) is 5.82 Å². The third-order valence-electron chi connectivity index (χ3n) is 1.85. The fraction of sp³-hybridized carbons (Fsp3) is 0.444. The van der Waals surface area contributed by atoms with Crippen molar-refractivity contribution in [1.29, 1.82) is 0 Å². The van der Waals surface area contributed by atoms with E-state index in [0.29, 0.717) is 12.4 Å². The fourth-order valence-electron chi connectivity index (χ4n) is 1.08. The van der Waals surface area contributed by atoms with E-state index in [9.17, 15) is 4.79 Å². The number of nitrogens with one attached hydrogen (secondary N) is 1. The maximum atomic E-state index is 10.5. The van der Waals surface area contributed by atoms with Gasteiger partial charge in [0.15, 0.2) is 0 Å². The second-order valence-electron chi connectivity index (χ2n) is 3.06. The number of carboxylic acids is 1. The summed E-state index contributed by atoms with van der Waals surface area (Å²) in [5.41, 5.74) is 0. The van der Waals surface area contributed by atoms with Crippen LogP contribution in [0.25, 0.3) is 0 Å². The lowest BCUT2D eigenvalue weighted by molar-refractivity contribution is -0.139. The molecule has 0 bridgehead atoms. The van der Waals surface area contributed by atoms with E-state index < -0.39 is 12.1 Å². The van der Waals surface area contributed by atoms with E-state index in [1.807, 2.05) is 0 Å². The zero-order valence-corrected chi connectivity index (χ0v) is 9.44. The number of carbonyl (C=O) groups is 1. The van der Waals surface area contributed by atoms with Crippen LogP contribution in [-0.2, 0) is 9.53 Å². The van der Waals surface area contributed by atoms with E-state index in [1.165, 1.54) is 19.5 Å². The number of hydrogen-bond donors (Lipinski definition) is 2. The molecule has 1 aromatic rings. The summed E-state index contributed by atoms with van der Waals surface area (Å²) in [5, 5.41) is 11.8. The number of halogens is 1. The molecule has 0 radical (unpaired) electrons. The fourth-order valence-corrected chi connectivity index (χ4v) is 1.23. The molecule has 1 heterocycles. The average Bonchev–Trinajstić information content (AvgIpc) is 2.24. The minimum Gasteiger partial charge on any atom is -0.481 e. The van der Waals surface area contributed by atoms with E-state index in [0.717, 1.165) is 0 Å². The molecule has 2 N–H and O–H groups in total. The number of ether oxygens (including phenoxy) is 1. The van der Waals surface area contributed by atoms with Gasteiger partial charge >= 0.3 is 5.97 Å². The number of nitrogens with zero attached hydrogens (tertiary/aromatic N) is 2. The summed E-state index contributed by atoms with van der Waals surface area (Å²) in [6.07, 6.45) is 2.42. The summed E-state index contributed by atoms with van der Waals surface area (Å²) in [6, 6.07) is 0. The average molecular weight is 246 g/mol. The molecule has 0 saturated heterocycles. The Hall–Kier alpha value is -1.40. The number of carboxylic acid groups (broad SMARTS) is 1. The van der Waals surface area contributed by atoms with Gasteiger partial charge in [0.2, 0.25) is 0 Å². The van der Waals surface area contributed by atoms with E-state index in [-0.39, 0.29) is 11.6 Å². The van der Waals surface area contributed by atoms with Crippen molar-refractivity contribution in [3.63, 3.8) is 0 Å². The molecule has 1 rings (SSSR count). The van der Waals surface area contributed by atoms with Crippen LogP contribution in [0.15, 0.2) is 12.4 Å². The van der Waals surface area contributed by atoms with Crippen molar-refractivity contribution in [2.75, 3.05) is 19.0 Å². The minimum atomic E-state index is -0.911. The molecule has 0 amide bonds. The minimum absolute atomic E-state index is 0.0719. The van der Waals surface area contributed by atoms with Crippen LogP contribution in [0.5, 0.6) is 0 Å². The van der Waals surface area contributed by atoms with Crippen molar-refractivity contribution < 1.29 is 14.6 Å². The van der Waals surface area contributed by atoms with Crippen LogP contribution in [-0.4, -0.2) is 40.8 Å². The van der Waals surface area contributed by atoms with Crippen molar-refractivity contribution >= 4 is 23.4 Å². The third kappa shape index (κ3) is 4.41. The Morgan fingerprint density at radius 1 is 1.69 bits per heavy atom. The summed E-state index contributed by atoms with van der Waals surface area (Å²) in [4.78, 5) is 18.3. The Balaban J connectivity index is 2.46. The van der Waals surface area contributed by atoms with E-state index in [4.69, 9.17) is 21.4 Å². The number of aliphatic carboxylic acids is 1. The van der Waals surface area contributed by atoms with Gasteiger partial charge in [-0.15, -0.1) is 0 Å². The molecule has 0 saturated carbocycles. The molecule has 1 atom stereocenters. The molecule has 0 aromatic carbocycles. The molecule has 6 nitrogen and oxygen atoms in total. The summed E-state index contributed by atoms with van der Waals surface area (Å²) >= 11 is 5.64. The lowest BCUT2D eigenvalue weighted by atomic mass is 10.2. The predicted octanol–water partition coefficient (Wildman–Crippen LogP) is 1.03. The Bertz CT molecular complexity index is 362. The van der Waals surface area contributed by atoms with Gasteiger partial charge in [-0.25, -0.2) is 4.98 Å². The second kappa shape index (κ2) is 6.24. The number of methoxy groups -OCH3 is 1. The molecular formula is C9H12ClN3O3. The first-order valence-corrected chi connectivity index (χ1v) is 4.95. The summed E-state index contributed by atoms with van der Waals surface area (Å²) in [7, 11) is 1.46. The van der Waals surface area contributed by atoms with Gasteiger partial charge in [0.25, 0.3) is 0 Å². The molecule has 0 spiro atoms. The number of hydrogen-bond acceptors (Lipinski definition) is 5. The highest BCUT2D eigenvalue weighted by Crippen LogP contribution is 2.07. The maximum absolute atomic E-state index is 10.5. The summed E-state index contributed by atoms with van der Waals surface area (Å²) < 4.78 is 4.99. The van der Waals surface area contributed by atoms with E-state index in [2.05, 4.69) is 15.3 Å². The van der Waals surface area contributed by atoms with E-state index >= 15 is 0 Å². The number of anilines is 1. The Morgan fingerprint density at radius 3 is 3.00 bits per heavy atom. The second-order valence-corrected chi connectivity index (χ2v) is 3.45. The van der Waals surface area contributed by atoms with E-state index in [1.54, 1.807) is 0 Å². The van der Waals surface area contributed by atoms with Gasteiger partial charge in [0.05, 0.1) is 24.9 Å². The SMILES string of the molecule is COC(CNc1cncc(Cl)n1)CC(=O)O. The molecule has 1 aromatic heterocycles. The molecule has 1 unspecified atom stereocenters. The molecule has 7 heteroatoms. The lowest BCUT2D eigenvalue weighted by Crippen LogP contribution is -2.25. The van der Waals surface area contributed by atoms with Gasteiger partial charge in [-0.1, -0.05) is 11.6 Å². The Labute approximate surface area is 97.6 Å². The molecule has 88 valence electrons. The molecule has 0 aliphatic heterocycles. The van der Waals surface area contributed by atoms with Gasteiger partial charge in [0, 0.05) is 13.7 Å². The number of aromatic nitrogens is 2. The first-order valence-electron chi connectivity index (χ1n) is 4.58. The Morgan fingerprint density at radius 2 is 2.44 bits per heavy atom. The van der Waals surface area contributed by atoms with Crippen molar-refractivity contribution in [2.45, 2.75) is 12.5 Å². The first-order chi connectivity index (χ1) is 7.61. The standard InChI is InChI=1S/C9H12ClN3O3/c1-16-6(2-9(14)15)3-12-8-5-11-4-7(10)13-8/h4-6H,2-3H2,1H3,(H,12,13)(H,14,15). The highest BCUT2D eigenvalue weighted by Gasteiger charge is 2.12. The summed E-state index contributed by atoms with van der Waals surface area (Å²) in [6.45, 7) is 0.331. The summed E-state index contributed by atoms with van der Waals surface area (Å²) in [5.74, 6) is -0.425. The van der Waals surface area contributed by atoms with Crippen LogP contribution in [0.3, 0.4) is 0 Å². The molecule has 16 heavy (non-hydrogen) atoms. The zero-order valence-electron chi connectivity index (χ0n) is 8.68. The van der Waals surface area contributed by atoms with Crippen LogP contribution in [0.1, 0.15) is 6.42 Å². The molecule has 0 aliphatic carbocycles. The van der Waals surface area contributed by atoms with Crippen LogP contribution in [0.2, 0.25) is 5.15 Å². The highest BCUT2D eigenvalue weighted by molar-refractivity contribution is 6.29. The quantitative estimate of drug-likeness (QED) is 0.779. The van der Waals surface area contributed by atoms with Gasteiger partial charge in [-0.05, 0) is 0 Å². The van der Waals surface area contributed by atoms with Gasteiger partial charge in [-0.2, -0.15) is 0 Å². The van der Waals surface area contributed by atoms with Gasteiger partial charge in [-0.3, -0.25) is 9.78 Å². The third-order valence-corrected chi connectivity index (χ3v) is 2.03. The Kier molecular flexibility index (Phi) is 4.94. The van der Waals surface area contributed by atoms with Crippen molar-refractivity contribution in [2.24, 2.45) is 0 Å². The van der Waals surface area contributed by atoms with Crippen LogP contribution < -0.4 is 5.32 Å². The highest BCUT2D eigenvalue weighted by atomic mass is 35.5. The molecule has 0 aliphatic rings. The largest absolute Gasteiger partial charge is 0.481 e. The normalized spacial score (nSPS) is 12.1. The van der Waals surface area contributed by atoms with Crippen molar-refractivity contribution in [1.82, 2.24) is 9.97 Å². The van der Waals surface area contributed by atoms with Crippen molar-refractivity contribution in [3.8, 4) is 0 Å².